The molecule has 0 saturated carbocycles. The standard InChI is InChI=1S/C22H22FN3OS/c1-2-27-19-11-9-18(10-12-19)24-22(28)26-15-14-25-13-3-4-20(25)21(26)16-5-7-17(23)8-6-16/h3-13,21H,2,14-15H2,1H3,(H,24,28). The lowest BCUT2D eigenvalue weighted by molar-refractivity contribution is 0.293. The van der Waals surface area contributed by atoms with Crippen LogP contribution in [0.2, 0.25) is 0 Å². The Balaban J connectivity index is 1.59. The zero-order chi connectivity index (χ0) is 19.5. The Labute approximate surface area is 169 Å². The third-order valence-corrected chi connectivity index (χ3v) is 5.24. The Morgan fingerprint density at radius 3 is 2.57 bits per heavy atom. The highest BCUT2D eigenvalue weighted by atomic mass is 32.1. The van der Waals surface area contributed by atoms with Crippen molar-refractivity contribution in [3.63, 3.8) is 0 Å². The maximum atomic E-state index is 13.5. The smallest absolute Gasteiger partial charge is 0.174 e. The summed E-state index contributed by atoms with van der Waals surface area (Å²) in [6, 6.07) is 18.5. The Kier molecular flexibility index (Phi) is 5.30. The molecule has 28 heavy (non-hydrogen) atoms. The lowest BCUT2D eigenvalue weighted by Crippen LogP contribution is -2.44. The minimum Gasteiger partial charge on any atom is -0.494 e. The Hall–Kier alpha value is -2.86. The molecule has 3 aromatic rings. The van der Waals surface area contributed by atoms with Gasteiger partial charge in [0.05, 0.1) is 12.6 Å². The van der Waals surface area contributed by atoms with Crippen LogP contribution < -0.4 is 10.1 Å². The van der Waals surface area contributed by atoms with E-state index in [0.717, 1.165) is 35.8 Å². The molecule has 1 atom stereocenters. The van der Waals surface area contributed by atoms with Crippen LogP contribution in [0.4, 0.5) is 10.1 Å². The van der Waals surface area contributed by atoms with E-state index in [0.29, 0.717) is 11.7 Å². The van der Waals surface area contributed by atoms with Crippen molar-refractivity contribution in [1.82, 2.24) is 9.47 Å². The van der Waals surface area contributed by atoms with Gasteiger partial charge in [0.2, 0.25) is 0 Å². The molecule has 6 heteroatoms. The summed E-state index contributed by atoms with van der Waals surface area (Å²) in [5, 5.41) is 3.98. The zero-order valence-corrected chi connectivity index (χ0v) is 16.5. The average molecular weight is 396 g/mol. The molecule has 1 aromatic heterocycles. The number of hydrogen-bond donors (Lipinski definition) is 1. The van der Waals surface area contributed by atoms with E-state index in [-0.39, 0.29) is 11.9 Å². The number of anilines is 1. The fourth-order valence-corrected chi connectivity index (χ4v) is 3.91. The number of aromatic nitrogens is 1. The van der Waals surface area contributed by atoms with Crippen molar-refractivity contribution in [2.45, 2.75) is 19.5 Å². The summed E-state index contributed by atoms with van der Waals surface area (Å²) in [5.41, 5.74) is 3.07. The second-order valence-corrected chi connectivity index (χ2v) is 7.05. The maximum Gasteiger partial charge on any atom is 0.174 e. The first kappa shape index (κ1) is 18.5. The Morgan fingerprint density at radius 1 is 1.11 bits per heavy atom. The first-order chi connectivity index (χ1) is 13.7. The molecule has 0 saturated heterocycles. The van der Waals surface area contributed by atoms with Gasteiger partial charge in [-0.2, -0.15) is 0 Å². The first-order valence-corrected chi connectivity index (χ1v) is 9.77. The number of hydrogen-bond acceptors (Lipinski definition) is 2. The number of nitrogens with zero attached hydrogens (tertiary/aromatic N) is 2. The van der Waals surface area contributed by atoms with Crippen LogP contribution in [0.5, 0.6) is 5.75 Å². The molecule has 0 spiro atoms. The van der Waals surface area contributed by atoms with Crippen LogP contribution in [0.1, 0.15) is 24.2 Å². The monoisotopic (exact) mass is 395 g/mol. The lowest BCUT2D eigenvalue weighted by Gasteiger charge is -2.39. The number of rotatable bonds is 4. The number of ether oxygens (including phenoxy) is 1. The molecule has 2 aromatic carbocycles. The van der Waals surface area contributed by atoms with Crippen LogP contribution in [0.15, 0.2) is 66.9 Å². The highest BCUT2D eigenvalue weighted by molar-refractivity contribution is 7.80. The van der Waals surface area contributed by atoms with Crippen molar-refractivity contribution in [3.05, 3.63) is 83.9 Å². The van der Waals surface area contributed by atoms with E-state index in [9.17, 15) is 4.39 Å². The normalized spacial score (nSPS) is 15.8. The minimum atomic E-state index is -0.239. The number of halogens is 1. The topological polar surface area (TPSA) is 29.4 Å². The van der Waals surface area contributed by atoms with Gasteiger partial charge in [-0.15, -0.1) is 0 Å². The summed E-state index contributed by atoms with van der Waals surface area (Å²) < 4.78 is 21.2. The molecular formula is C22H22FN3OS. The van der Waals surface area contributed by atoms with E-state index < -0.39 is 0 Å². The maximum absolute atomic E-state index is 13.5. The summed E-state index contributed by atoms with van der Waals surface area (Å²) in [6.45, 7) is 4.22. The summed E-state index contributed by atoms with van der Waals surface area (Å²) >= 11 is 5.75. The molecule has 0 aliphatic carbocycles. The molecule has 0 fully saturated rings. The molecule has 144 valence electrons. The van der Waals surface area contributed by atoms with Crippen molar-refractivity contribution in [3.8, 4) is 5.75 Å². The molecule has 4 nitrogen and oxygen atoms in total. The fraction of sp³-hybridized carbons (Fsp3) is 0.227. The van der Waals surface area contributed by atoms with E-state index in [1.165, 1.54) is 12.1 Å². The van der Waals surface area contributed by atoms with Crippen LogP contribution in [-0.2, 0) is 6.54 Å². The predicted octanol–water partition coefficient (Wildman–Crippen LogP) is 4.83. The summed E-state index contributed by atoms with van der Waals surface area (Å²) in [6.07, 6.45) is 2.08. The molecule has 2 heterocycles. The van der Waals surface area contributed by atoms with E-state index in [1.54, 1.807) is 0 Å². The molecule has 1 aliphatic heterocycles. The minimum absolute atomic E-state index is 0.0629. The van der Waals surface area contributed by atoms with Gasteiger partial charge in [-0.05, 0) is 73.2 Å². The van der Waals surface area contributed by atoms with Gasteiger partial charge in [-0.3, -0.25) is 0 Å². The third-order valence-electron chi connectivity index (χ3n) is 4.90. The second-order valence-electron chi connectivity index (χ2n) is 6.66. The van der Waals surface area contributed by atoms with E-state index >= 15 is 0 Å². The predicted molar refractivity (Wildman–Crippen MR) is 113 cm³/mol. The molecule has 0 bridgehead atoms. The molecule has 4 rings (SSSR count). The van der Waals surface area contributed by atoms with Gasteiger partial charge in [0.15, 0.2) is 5.11 Å². The van der Waals surface area contributed by atoms with Gasteiger partial charge in [-0.25, -0.2) is 4.39 Å². The Morgan fingerprint density at radius 2 is 1.86 bits per heavy atom. The molecule has 0 amide bonds. The van der Waals surface area contributed by atoms with Crippen molar-refractivity contribution in [2.75, 3.05) is 18.5 Å². The summed E-state index contributed by atoms with van der Waals surface area (Å²) in [7, 11) is 0. The van der Waals surface area contributed by atoms with Gasteiger partial charge in [-0.1, -0.05) is 12.1 Å². The van der Waals surface area contributed by atoms with E-state index in [2.05, 4.69) is 27.0 Å². The molecule has 1 unspecified atom stereocenters. The van der Waals surface area contributed by atoms with Crippen LogP contribution in [0, 0.1) is 5.82 Å². The van der Waals surface area contributed by atoms with Crippen LogP contribution in [0.3, 0.4) is 0 Å². The molecule has 0 radical (unpaired) electrons. The quantitative estimate of drug-likeness (QED) is 0.641. The summed E-state index contributed by atoms with van der Waals surface area (Å²) in [5.74, 6) is 0.593. The van der Waals surface area contributed by atoms with Gasteiger partial charge in [0, 0.05) is 30.7 Å². The van der Waals surface area contributed by atoms with Crippen LogP contribution >= 0.6 is 12.2 Å². The summed E-state index contributed by atoms with van der Waals surface area (Å²) in [4.78, 5) is 2.16. The van der Waals surface area contributed by atoms with Gasteiger partial charge in [0.25, 0.3) is 0 Å². The van der Waals surface area contributed by atoms with Gasteiger partial charge >= 0.3 is 0 Å². The van der Waals surface area contributed by atoms with Crippen LogP contribution in [-0.4, -0.2) is 27.7 Å². The largest absolute Gasteiger partial charge is 0.494 e. The Bertz CT molecular complexity index is 953. The van der Waals surface area contributed by atoms with E-state index in [4.69, 9.17) is 17.0 Å². The lowest BCUT2D eigenvalue weighted by atomic mass is 10.0. The number of fused-ring (bicyclic) bond motifs is 1. The van der Waals surface area contributed by atoms with Crippen LogP contribution in [0.25, 0.3) is 0 Å². The highest BCUT2D eigenvalue weighted by Gasteiger charge is 2.30. The van der Waals surface area contributed by atoms with Crippen molar-refractivity contribution < 1.29 is 9.13 Å². The molecular weight excluding hydrogens is 373 g/mol. The number of thiocarbonyl (C=S) groups is 1. The van der Waals surface area contributed by atoms with Crippen molar-refractivity contribution in [2.24, 2.45) is 0 Å². The number of nitrogens with one attached hydrogen (secondary N) is 1. The molecule has 1 N–H and O–H groups in total. The van der Waals surface area contributed by atoms with E-state index in [1.807, 2.05) is 49.4 Å². The first-order valence-electron chi connectivity index (χ1n) is 9.36. The average Bonchev–Trinajstić information content (AvgIpc) is 3.18. The third kappa shape index (κ3) is 3.73. The second kappa shape index (κ2) is 8.02. The van der Waals surface area contributed by atoms with Crippen molar-refractivity contribution in [1.29, 1.82) is 0 Å². The highest BCUT2D eigenvalue weighted by Crippen LogP contribution is 2.33. The van der Waals surface area contributed by atoms with Crippen molar-refractivity contribution >= 4 is 23.0 Å². The number of benzene rings is 2. The molecule has 1 aliphatic rings. The zero-order valence-electron chi connectivity index (χ0n) is 15.6. The van der Waals surface area contributed by atoms with Gasteiger partial charge in [0.1, 0.15) is 11.6 Å². The van der Waals surface area contributed by atoms with Gasteiger partial charge < -0.3 is 19.5 Å². The fourth-order valence-electron chi connectivity index (χ4n) is 3.59. The SMILES string of the molecule is CCOc1ccc(NC(=S)N2CCn3cccc3C2c2ccc(F)cc2)cc1.